The van der Waals surface area contributed by atoms with E-state index in [1.54, 1.807) is 23.1 Å². The molecule has 2 N–H and O–H groups in total. The first-order valence-electron chi connectivity index (χ1n) is 8.67. The third-order valence-electron chi connectivity index (χ3n) is 4.02. The fraction of sp³-hybridized carbons (Fsp3) is 0.300. The first-order chi connectivity index (χ1) is 12.9. The van der Waals surface area contributed by atoms with Crippen LogP contribution in [0.25, 0.3) is 0 Å². The molecule has 0 bridgehead atoms. The van der Waals surface area contributed by atoms with E-state index in [-0.39, 0.29) is 24.9 Å². The number of carbonyl (C=O) groups excluding carboxylic acids is 2. The van der Waals surface area contributed by atoms with Crippen LogP contribution in [0, 0.1) is 6.92 Å². The highest BCUT2D eigenvalue weighted by Gasteiger charge is 2.15. The minimum atomic E-state index is -0.279. The number of para-hydroxylation sites is 1. The van der Waals surface area contributed by atoms with Crippen molar-refractivity contribution < 1.29 is 9.59 Å². The second-order valence-corrected chi connectivity index (χ2v) is 7.02. The molecule has 144 valence electrons. The molecule has 2 aromatic rings. The summed E-state index contributed by atoms with van der Waals surface area (Å²) in [7, 11) is 0. The summed E-state index contributed by atoms with van der Waals surface area (Å²) >= 11 is 12.1. The summed E-state index contributed by atoms with van der Waals surface area (Å²) in [6.45, 7) is 5.12. The van der Waals surface area contributed by atoms with Crippen LogP contribution in [-0.4, -0.2) is 36.3 Å². The quantitative estimate of drug-likeness (QED) is 0.697. The van der Waals surface area contributed by atoms with Gasteiger partial charge in [0.15, 0.2) is 0 Å². The smallest absolute Gasteiger partial charge is 0.238 e. The van der Waals surface area contributed by atoms with Gasteiger partial charge < -0.3 is 10.6 Å². The highest BCUT2D eigenvalue weighted by Crippen LogP contribution is 2.29. The van der Waals surface area contributed by atoms with E-state index in [0.717, 1.165) is 5.56 Å². The number of anilines is 1. The molecule has 2 rings (SSSR count). The summed E-state index contributed by atoms with van der Waals surface area (Å²) < 4.78 is 0. The summed E-state index contributed by atoms with van der Waals surface area (Å²) in [5.74, 6) is -0.417. The maximum atomic E-state index is 12.3. The van der Waals surface area contributed by atoms with Gasteiger partial charge in [0, 0.05) is 6.54 Å². The third kappa shape index (κ3) is 6.86. The topological polar surface area (TPSA) is 61.4 Å². The van der Waals surface area contributed by atoms with Crippen LogP contribution in [0.1, 0.15) is 18.1 Å². The van der Waals surface area contributed by atoms with Crippen molar-refractivity contribution in [3.8, 4) is 0 Å². The fourth-order valence-electron chi connectivity index (χ4n) is 2.44. The summed E-state index contributed by atoms with van der Waals surface area (Å²) in [6, 6.07) is 13.0. The molecule has 2 amide bonds. The van der Waals surface area contributed by atoms with Gasteiger partial charge >= 0.3 is 0 Å². The van der Waals surface area contributed by atoms with E-state index in [1.165, 1.54) is 5.56 Å². The molecular weight excluding hydrogens is 385 g/mol. The number of hydrogen-bond acceptors (Lipinski definition) is 3. The second-order valence-electron chi connectivity index (χ2n) is 6.21. The summed E-state index contributed by atoms with van der Waals surface area (Å²) in [6.07, 6.45) is 0. The lowest BCUT2D eigenvalue weighted by Crippen LogP contribution is -2.40. The SMILES string of the molecule is CCN(CC(=O)NCc1ccc(C)cc1)CC(=O)Nc1c(Cl)cccc1Cl. The maximum absolute atomic E-state index is 12.3. The molecule has 0 spiro atoms. The average Bonchev–Trinajstić information content (AvgIpc) is 2.64. The summed E-state index contributed by atoms with van der Waals surface area (Å²) in [4.78, 5) is 26.2. The summed E-state index contributed by atoms with van der Waals surface area (Å²) in [5, 5.41) is 6.31. The van der Waals surface area contributed by atoms with E-state index in [4.69, 9.17) is 23.2 Å². The number of nitrogens with zero attached hydrogens (tertiary/aromatic N) is 1. The molecule has 5 nitrogen and oxygen atoms in total. The molecule has 0 unspecified atom stereocenters. The predicted molar refractivity (Wildman–Crippen MR) is 110 cm³/mol. The lowest BCUT2D eigenvalue weighted by atomic mass is 10.1. The normalized spacial score (nSPS) is 10.7. The Morgan fingerprint density at radius 2 is 1.56 bits per heavy atom. The number of hydrogen-bond donors (Lipinski definition) is 2. The monoisotopic (exact) mass is 407 g/mol. The highest BCUT2D eigenvalue weighted by molar-refractivity contribution is 6.39. The maximum Gasteiger partial charge on any atom is 0.238 e. The minimum Gasteiger partial charge on any atom is -0.351 e. The van der Waals surface area contributed by atoms with E-state index in [2.05, 4.69) is 10.6 Å². The predicted octanol–water partition coefficient (Wildman–Crippen LogP) is 3.88. The first kappa shape index (κ1) is 21.2. The Labute approximate surface area is 169 Å². The van der Waals surface area contributed by atoms with Gasteiger partial charge in [0.2, 0.25) is 11.8 Å². The van der Waals surface area contributed by atoms with Gasteiger partial charge in [0.05, 0.1) is 28.8 Å². The Morgan fingerprint density at radius 1 is 0.963 bits per heavy atom. The molecule has 0 aromatic heterocycles. The van der Waals surface area contributed by atoms with Crippen molar-refractivity contribution in [3.63, 3.8) is 0 Å². The standard InChI is InChI=1S/C20H23Cl2N3O2/c1-3-25(12-18(26)23-11-15-9-7-14(2)8-10-15)13-19(27)24-20-16(21)5-4-6-17(20)22/h4-10H,3,11-13H2,1-2H3,(H,23,26)(H,24,27). The van der Waals surface area contributed by atoms with E-state index in [0.29, 0.717) is 28.8 Å². The number of nitrogens with one attached hydrogen (secondary N) is 2. The Hall–Kier alpha value is -2.08. The van der Waals surface area contributed by atoms with Crippen molar-refractivity contribution in [2.24, 2.45) is 0 Å². The first-order valence-corrected chi connectivity index (χ1v) is 9.43. The Balaban J connectivity index is 1.84. The molecule has 27 heavy (non-hydrogen) atoms. The zero-order valence-corrected chi connectivity index (χ0v) is 16.9. The molecule has 0 saturated heterocycles. The van der Waals surface area contributed by atoms with Crippen LogP contribution in [0.2, 0.25) is 10.0 Å². The summed E-state index contributed by atoms with van der Waals surface area (Å²) in [5.41, 5.74) is 2.58. The van der Waals surface area contributed by atoms with Crippen molar-refractivity contribution >= 4 is 40.7 Å². The Kier molecular flexibility index (Phi) is 8.10. The van der Waals surface area contributed by atoms with Crippen LogP contribution in [0.3, 0.4) is 0 Å². The number of carbonyl (C=O) groups is 2. The van der Waals surface area contributed by atoms with Gasteiger partial charge in [0.1, 0.15) is 0 Å². The number of aryl methyl sites for hydroxylation is 1. The molecule has 7 heteroatoms. The minimum absolute atomic E-state index is 0.0655. The Morgan fingerprint density at radius 3 is 2.15 bits per heavy atom. The van der Waals surface area contributed by atoms with Gasteiger partial charge in [-0.2, -0.15) is 0 Å². The van der Waals surface area contributed by atoms with Crippen LogP contribution >= 0.6 is 23.2 Å². The number of amides is 2. The second kappa shape index (κ2) is 10.3. The third-order valence-corrected chi connectivity index (χ3v) is 4.65. The molecule has 0 saturated carbocycles. The van der Waals surface area contributed by atoms with Crippen molar-refractivity contribution in [2.75, 3.05) is 25.0 Å². The van der Waals surface area contributed by atoms with Crippen molar-refractivity contribution in [2.45, 2.75) is 20.4 Å². The van der Waals surface area contributed by atoms with Crippen molar-refractivity contribution in [3.05, 3.63) is 63.6 Å². The molecule has 0 aliphatic rings. The molecular formula is C20H23Cl2N3O2. The molecule has 0 heterocycles. The van der Waals surface area contributed by atoms with Crippen molar-refractivity contribution in [1.29, 1.82) is 0 Å². The van der Waals surface area contributed by atoms with Crippen LogP contribution in [0.15, 0.2) is 42.5 Å². The average molecular weight is 408 g/mol. The molecule has 0 atom stereocenters. The van der Waals surface area contributed by atoms with Crippen LogP contribution in [-0.2, 0) is 16.1 Å². The largest absolute Gasteiger partial charge is 0.351 e. The van der Waals surface area contributed by atoms with E-state index in [1.807, 2.05) is 38.1 Å². The molecule has 0 aliphatic heterocycles. The highest BCUT2D eigenvalue weighted by atomic mass is 35.5. The van der Waals surface area contributed by atoms with E-state index < -0.39 is 0 Å². The molecule has 2 aromatic carbocycles. The van der Waals surface area contributed by atoms with Gasteiger partial charge in [-0.25, -0.2) is 0 Å². The van der Waals surface area contributed by atoms with Crippen molar-refractivity contribution in [1.82, 2.24) is 10.2 Å². The lowest BCUT2D eigenvalue weighted by molar-refractivity contribution is -0.123. The van der Waals surface area contributed by atoms with E-state index >= 15 is 0 Å². The van der Waals surface area contributed by atoms with Gasteiger partial charge in [-0.3, -0.25) is 14.5 Å². The number of rotatable bonds is 8. The molecule has 0 aliphatic carbocycles. The number of likely N-dealkylation sites (N-methyl/N-ethyl adjacent to an activating group) is 1. The van der Waals surface area contributed by atoms with Crippen LogP contribution < -0.4 is 10.6 Å². The van der Waals surface area contributed by atoms with Crippen LogP contribution in [0.4, 0.5) is 5.69 Å². The molecule has 0 fully saturated rings. The Bertz CT molecular complexity index is 774. The van der Waals surface area contributed by atoms with Gasteiger partial charge in [-0.1, -0.05) is 66.0 Å². The molecule has 0 radical (unpaired) electrons. The van der Waals surface area contributed by atoms with E-state index in [9.17, 15) is 9.59 Å². The van der Waals surface area contributed by atoms with Gasteiger partial charge in [0.25, 0.3) is 0 Å². The zero-order valence-electron chi connectivity index (χ0n) is 15.4. The van der Waals surface area contributed by atoms with Gasteiger partial charge in [-0.05, 0) is 31.2 Å². The lowest BCUT2D eigenvalue weighted by Gasteiger charge is -2.20. The number of halogens is 2. The fourth-order valence-corrected chi connectivity index (χ4v) is 2.94. The van der Waals surface area contributed by atoms with Gasteiger partial charge in [-0.15, -0.1) is 0 Å². The number of benzene rings is 2. The zero-order chi connectivity index (χ0) is 19.8. The van der Waals surface area contributed by atoms with Crippen LogP contribution in [0.5, 0.6) is 0 Å².